The Kier molecular flexibility index (Phi) is 4.07. The molecule has 0 saturated carbocycles. The number of nitrogens with one attached hydrogen (secondary N) is 2. The highest BCUT2D eigenvalue weighted by atomic mass is 19.3. The molecule has 1 unspecified atom stereocenters. The molecule has 20 heavy (non-hydrogen) atoms. The molecule has 1 atom stereocenters. The van der Waals surface area contributed by atoms with Crippen molar-refractivity contribution in [1.82, 2.24) is 20.4 Å². The molecule has 1 aromatic rings. The highest BCUT2D eigenvalue weighted by molar-refractivity contribution is 5.93. The van der Waals surface area contributed by atoms with Crippen LogP contribution in [0.1, 0.15) is 17.8 Å². The molecule has 0 bridgehead atoms. The first-order valence-corrected chi connectivity index (χ1v) is 5.74. The van der Waals surface area contributed by atoms with Gasteiger partial charge in [0.25, 0.3) is 18.8 Å². The van der Waals surface area contributed by atoms with Crippen molar-refractivity contribution < 1.29 is 22.4 Å². The van der Waals surface area contributed by atoms with Crippen LogP contribution in [0.25, 0.3) is 0 Å². The minimum absolute atomic E-state index is 0.0652. The fourth-order valence-electron chi connectivity index (χ4n) is 1.84. The second-order valence-electron chi connectivity index (χ2n) is 4.29. The molecule has 0 aliphatic carbocycles. The third-order valence-electron chi connectivity index (χ3n) is 2.98. The molecule has 0 spiro atoms. The van der Waals surface area contributed by atoms with Crippen molar-refractivity contribution >= 4 is 5.91 Å². The van der Waals surface area contributed by atoms with Gasteiger partial charge in [0, 0.05) is 11.3 Å². The highest BCUT2D eigenvalue weighted by Gasteiger charge is 2.26. The Balaban J connectivity index is 2.22. The van der Waals surface area contributed by atoms with E-state index in [1.807, 2.05) is 0 Å². The number of hydrogen-bond acceptors (Lipinski definition) is 3. The summed E-state index contributed by atoms with van der Waals surface area (Å²) in [4.78, 5) is 15.1. The van der Waals surface area contributed by atoms with Crippen molar-refractivity contribution in [3.63, 3.8) is 0 Å². The van der Waals surface area contributed by atoms with Crippen molar-refractivity contribution in [1.29, 1.82) is 0 Å². The van der Waals surface area contributed by atoms with Crippen molar-refractivity contribution in [2.24, 2.45) is 0 Å². The Morgan fingerprint density at radius 1 is 1.40 bits per heavy atom. The number of hydrogen-bond donors (Lipinski definition) is 2. The van der Waals surface area contributed by atoms with Crippen LogP contribution in [0, 0.1) is 6.92 Å². The normalized spacial score (nSPS) is 19.4. The Morgan fingerprint density at radius 2 is 2.10 bits per heavy atom. The minimum atomic E-state index is -2.72. The second kappa shape index (κ2) is 5.61. The van der Waals surface area contributed by atoms with Gasteiger partial charge < -0.3 is 4.57 Å². The maximum absolute atomic E-state index is 12.6. The monoisotopic (exact) mass is 292 g/mol. The third kappa shape index (κ3) is 2.82. The van der Waals surface area contributed by atoms with Crippen LogP contribution < -0.4 is 10.9 Å². The van der Waals surface area contributed by atoms with Crippen LogP contribution in [0.5, 0.6) is 0 Å². The van der Waals surface area contributed by atoms with Gasteiger partial charge in [0.15, 0.2) is 0 Å². The van der Waals surface area contributed by atoms with E-state index < -0.39 is 24.8 Å². The van der Waals surface area contributed by atoms with Gasteiger partial charge >= 0.3 is 0 Å². The fourth-order valence-corrected chi connectivity index (χ4v) is 1.84. The van der Waals surface area contributed by atoms with Crippen LogP contribution in [0.3, 0.4) is 0 Å². The summed E-state index contributed by atoms with van der Waals surface area (Å²) in [5, 5.41) is 0. The van der Waals surface area contributed by atoms with Gasteiger partial charge in [-0.15, -0.1) is 0 Å². The smallest absolute Gasteiger partial charge is 0.282 e. The lowest BCUT2D eigenvalue weighted by atomic mass is 10.1. The summed E-state index contributed by atoms with van der Waals surface area (Å²) >= 11 is 0. The molecule has 9 heteroatoms. The minimum Gasteiger partial charge on any atom is -0.330 e. The number of hydrazine groups is 1. The number of rotatable bonds is 4. The van der Waals surface area contributed by atoms with E-state index in [0.29, 0.717) is 0 Å². The molecule has 1 aliphatic rings. The molecule has 1 aromatic heterocycles. The number of nitrogens with zero attached hydrogens (tertiary/aromatic N) is 2. The number of carbonyl (C=O) groups is 1. The van der Waals surface area contributed by atoms with E-state index in [-0.39, 0.29) is 23.5 Å². The summed E-state index contributed by atoms with van der Waals surface area (Å²) < 4.78 is 51.6. The van der Waals surface area contributed by atoms with Gasteiger partial charge in [-0.05, 0) is 13.0 Å². The number of amides is 1. The van der Waals surface area contributed by atoms with Crippen LogP contribution in [-0.2, 0) is 11.3 Å². The topological polar surface area (TPSA) is 59.0 Å². The number of halogens is 4. The second-order valence-corrected chi connectivity index (χ2v) is 4.29. The third-order valence-corrected chi connectivity index (χ3v) is 2.98. The predicted octanol–water partition coefficient (Wildman–Crippen LogP) is 1.32. The van der Waals surface area contributed by atoms with Gasteiger partial charge in [0.1, 0.15) is 11.7 Å². The van der Waals surface area contributed by atoms with E-state index in [2.05, 4.69) is 15.8 Å². The number of carbonyl (C=O) groups excluding carboxylic acids is 1. The van der Waals surface area contributed by atoms with Crippen LogP contribution in [0.15, 0.2) is 18.0 Å². The lowest BCUT2D eigenvalue weighted by Gasteiger charge is -2.22. The van der Waals surface area contributed by atoms with Gasteiger partial charge in [0.05, 0.1) is 12.9 Å². The van der Waals surface area contributed by atoms with E-state index in [4.69, 9.17) is 0 Å². The van der Waals surface area contributed by atoms with Crippen molar-refractivity contribution in [3.05, 3.63) is 29.4 Å². The quantitative estimate of drug-likeness (QED) is 0.823. The first kappa shape index (κ1) is 14.5. The fraction of sp³-hybridized carbons (Fsp3) is 0.455. The van der Waals surface area contributed by atoms with Crippen LogP contribution >= 0.6 is 0 Å². The first-order valence-electron chi connectivity index (χ1n) is 5.74. The molecule has 0 saturated heterocycles. The Labute approximate surface area is 111 Å². The molecule has 1 aliphatic heterocycles. The van der Waals surface area contributed by atoms with Crippen LogP contribution in [-0.4, -0.2) is 27.9 Å². The molecule has 1 amide bonds. The molecule has 0 radical (unpaired) electrons. The van der Waals surface area contributed by atoms with Crippen LogP contribution in [0.2, 0.25) is 0 Å². The molecule has 2 heterocycles. The van der Waals surface area contributed by atoms with Gasteiger partial charge in [-0.2, -0.15) is 0 Å². The predicted molar refractivity (Wildman–Crippen MR) is 61.1 cm³/mol. The summed E-state index contributed by atoms with van der Waals surface area (Å²) in [6.45, 7) is 1.33. The van der Waals surface area contributed by atoms with E-state index >= 15 is 0 Å². The van der Waals surface area contributed by atoms with Crippen LogP contribution in [0.4, 0.5) is 17.6 Å². The molecule has 110 valence electrons. The Bertz CT molecular complexity index is 541. The Morgan fingerprint density at radius 3 is 2.65 bits per heavy atom. The van der Waals surface area contributed by atoms with E-state index in [0.717, 1.165) is 12.4 Å². The molecule has 2 rings (SSSR count). The van der Waals surface area contributed by atoms with Gasteiger partial charge in [0.2, 0.25) is 0 Å². The van der Waals surface area contributed by atoms with Crippen molar-refractivity contribution in [2.75, 3.05) is 0 Å². The zero-order chi connectivity index (χ0) is 14.9. The molecular formula is C11H12F4N4O. The van der Waals surface area contributed by atoms with Gasteiger partial charge in [-0.25, -0.2) is 28.0 Å². The summed E-state index contributed by atoms with van der Waals surface area (Å²) in [6, 6.07) is -1.30. The zero-order valence-electron chi connectivity index (χ0n) is 10.4. The summed E-state index contributed by atoms with van der Waals surface area (Å²) in [5.74, 6) is -0.575. The lowest BCUT2D eigenvalue weighted by molar-refractivity contribution is -0.119. The molecule has 5 nitrogen and oxygen atoms in total. The van der Waals surface area contributed by atoms with E-state index in [9.17, 15) is 22.4 Å². The molecule has 2 N–H and O–H groups in total. The van der Waals surface area contributed by atoms with Crippen molar-refractivity contribution in [2.45, 2.75) is 32.4 Å². The van der Waals surface area contributed by atoms with E-state index in [1.165, 1.54) is 11.5 Å². The number of imidazole rings is 1. The molecule has 0 fully saturated rings. The van der Waals surface area contributed by atoms with E-state index in [1.54, 1.807) is 0 Å². The summed E-state index contributed by atoms with van der Waals surface area (Å²) in [6.07, 6.45) is -3.16. The largest absolute Gasteiger partial charge is 0.330 e. The number of alkyl halides is 4. The van der Waals surface area contributed by atoms with Gasteiger partial charge in [-0.3, -0.25) is 10.2 Å². The highest BCUT2D eigenvalue weighted by Crippen LogP contribution is 2.21. The maximum atomic E-state index is 12.6. The molecular weight excluding hydrogens is 280 g/mol. The average Bonchev–Trinajstić information content (AvgIpc) is 2.73. The number of aromatic nitrogens is 2. The first-order chi connectivity index (χ1) is 9.40. The summed E-state index contributed by atoms with van der Waals surface area (Å²) in [5.41, 5.74) is 4.14. The SMILES string of the molecule is Cc1c(C(F)F)ncn1CC1=CC(C(F)F)NNC1=O. The van der Waals surface area contributed by atoms with Gasteiger partial charge in [-0.1, -0.05) is 0 Å². The standard InChI is InChI=1S/C11H12F4N4O/c1-5-8(10(14)15)16-4-19(5)3-6-2-7(9(12)13)17-18-11(6)20/h2,4,7,9-10,17H,3H2,1H3,(H,18,20). The molecule has 0 aromatic carbocycles. The summed E-state index contributed by atoms with van der Waals surface area (Å²) in [7, 11) is 0. The lowest BCUT2D eigenvalue weighted by Crippen LogP contribution is -2.51. The zero-order valence-corrected chi connectivity index (χ0v) is 10.4. The van der Waals surface area contributed by atoms with Crippen molar-refractivity contribution in [3.8, 4) is 0 Å². The average molecular weight is 292 g/mol. The maximum Gasteiger partial charge on any atom is 0.282 e. The Hall–Kier alpha value is -1.90.